The van der Waals surface area contributed by atoms with Crippen LogP contribution in [0.5, 0.6) is 0 Å². The molecular formula is C45H84N2O7. The van der Waals surface area contributed by atoms with Crippen LogP contribution in [0.25, 0.3) is 0 Å². The Morgan fingerprint density at radius 1 is 0.574 bits per heavy atom. The molecule has 316 valence electrons. The van der Waals surface area contributed by atoms with Crippen LogP contribution in [0.1, 0.15) is 194 Å². The molecule has 0 saturated carbocycles. The molecule has 9 nitrogen and oxygen atoms in total. The zero-order valence-electron chi connectivity index (χ0n) is 35.2. The van der Waals surface area contributed by atoms with Crippen molar-refractivity contribution in [3.63, 3.8) is 0 Å². The Balaban J connectivity index is 4.51. The number of amides is 1. The van der Waals surface area contributed by atoms with Gasteiger partial charge in [0.1, 0.15) is 0 Å². The van der Waals surface area contributed by atoms with E-state index in [0.29, 0.717) is 25.9 Å². The van der Waals surface area contributed by atoms with E-state index < -0.39 is 30.1 Å². The maximum Gasteiger partial charge on any atom is 0.306 e. The van der Waals surface area contributed by atoms with Gasteiger partial charge in [-0.25, -0.2) is 0 Å². The molecule has 0 aliphatic heterocycles. The summed E-state index contributed by atoms with van der Waals surface area (Å²) in [5, 5.41) is 9.14. The number of ether oxygens (including phenoxy) is 3. The van der Waals surface area contributed by atoms with E-state index in [0.717, 1.165) is 64.2 Å². The summed E-state index contributed by atoms with van der Waals surface area (Å²) in [6.07, 6.45) is 37.3. The van der Waals surface area contributed by atoms with Gasteiger partial charge >= 0.3 is 11.9 Å². The number of aliphatic hydroxyl groups excluding tert-OH is 1. The number of hydrogen-bond acceptors (Lipinski definition) is 8. The molecule has 0 fully saturated rings. The number of nitrogens with zero attached hydrogens (tertiary/aromatic N) is 1. The molecule has 3 N–H and O–H groups in total. The SMILES string of the molecule is CCCCCCCC/C=C\CCCCCCCC(=O)OC(COCCN(C)CCO)C(OC(=O)CCCCCCC/C=C\CCCCCCCC)C(N)=O. The lowest BCUT2D eigenvalue weighted by Gasteiger charge is -2.25. The predicted molar refractivity (Wildman–Crippen MR) is 223 cm³/mol. The van der Waals surface area contributed by atoms with Gasteiger partial charge < -0.3 is 30.0 Å². The summed E-state index contributed by atoms with van der Waals surface area (Å²) in [6, 6.07) is 0. The average Bonchev–Trinajstić information content (AvgIpc) is 3.15. The Morgan fingerprint density at radius 2 is 0.963 bits per heavy atom. The summed E-state index contributed by atoms with van der Waals surface area (Å²) in [5.41, 5.74) is 5.67. The van der Waals surface area contributed by atoms with Crippen LogP contribution in [0.15, 0.2) is 24.3 Å². The molecule has 2 atom stereocenters. The molecule has 0 aromatic carbocycles. The van der Waals surface area contributed by atoms with Gasteiger partial charge in [-0.05, 0) is 71.3 Å². The fourth-order valence-electron chi connectivity index (χ4n) is 6.31. The minimum Gasteiger partial charge on any atom is -0.455 e. The minimum atomic E-state index is -1.42. The van der Waals surface area contributed by atoms with Crippen molar-refractivity contribution in [2.24, 2.45) is 5.73 Å². The highest BCUT2D eigenvalue weighted by Gasteiger charge is 2.33. The van der Waals surface area contributed by atoms with Crippen LogP contribution in [0.2, 0.25) is 0 Å². The Bertz CT molecular complexity index is 926. The highest BCUT2D eigenvalue weighted by molar-refractivity contribution is 5.83. The van der Waals surface area contributed by atoms with Crippen molar-refractivity contribution in [3.05, 3.63) is 24.3 Å². The highest BCUT2D eigenvalue weighted by Crippen LogP contribution is 2.15. The first-order valence-corrected chi connectivity index (χ1v) is 22.2. The molecule has 0 rings (SSSR count). The number of allylic oxidation sites excluding steroid dienone is 4. The van der Waals surface area contributed by atoms with Gasteiger partial charge in [-0.2, -0.15) is 0 Å². The molecule has 0 heterocycles. The molecule has 0 saturated heterocycles. The molecule has 0 radical (unpaired) electrons. The molecule has 1 amide bonds. The molecule has 0 aromatic rings. The van der Waals surface area contributed by atoms with Crippen molar-refractivity contribution in [2.45, 2.75) is 206 Å². The average molecular weight is 765 g/mol. The molecule has 54 heavy (non-hydrogen) atoms. The first-order chi connectivity index (χ1) is 26.3. The Kier molecular flexibility index (Phi) is 38.8. The van der Waals surface area contributed by atoms with Crippen molar-refractivity contribution >= 4 is 17.8 Å². The molecule has 0 aliphatic rings. The van der Waals surface area contributed by atoms with Crippen molar-refractivity contribution in [2.75, 3.05) is 40.0 Å². The number of esters is 2. The van der Waals surface area contributed by atoms with E-state index in [9.17, 15) is 14.4 Å². The number of carbonyl (C=O) groups excluding carboxylic acids is 3. The van der Waals surface area contributed by atoms with Crippen LogP contribution >= 0.6 is 0 Å². The zero-order valence-corrected chi connectivity index (χ0v) is 35.2. The van der Waals surface area contributed by atoms with Gasteiger partial charge in [0.2, 0.25) is 6.10 Å². The second-order valence-electron chi connectivity index (χ2n) is 15.1. The van der Waals surface area contributed by atoms with Gasteiger partial charge in [0.05, 0.1) is 19.8 Å². The molecular weight excluding hydrogens is 681 g/mol. The summed E-state index contributed by atoms with van der Waals surface area (Å²) >= 11 is 0. The summed E-state index contributed by atoms with van der Waals surface area (Å²) in [5.74, 6) is -1.86. The number of unbranched alkanes of at least 4 members (excludes halogenated alkanes) is 22. The Morgan fingerprint density at radius 3 is 1.37 bits per heavy atom. The smallest absolute Gasteiger partial charge is 0.306 e. The standard InChI is InChI=1S/C45H84N2O7/c1-4-6-8-10-12-14-16-18-20-22-24-26-28-30-32-34-42(49)53-41(40-52-39-37-47(3)36-38-48)44(45(46)51)54-43(50)35-33-31-29-27-25-23-21-19-17-15-13-11-9-7-5-2/h18-21,41,44,48H,4-17,22-40H2,1-3H3,(H2,46,51)/b20-18-,21-19-. The summed E-state index contributed by atoms with van der Waals surface area (Å²) in [4.78, 5) is 39.9. The largest absolute Gasteiger partial charge is 0.455 e. The maximum absolute atomic E-state index is 12.8. The number of rotatable bonds is 41. The number of hydrogen-bond donors (Lipinski definition) is 2. The second kappa shape index (κ2) is 40.4. The van der Waals surface area contributed by atoms with Crippen LogP contribution < -0.4 is 5.73 Å². The van der Waals surface area contributed by atoms with Crippen LogP contribution in [-0.2, 0) is 28.6 Å². The third-order valence-electron chi connectivity index (χ3n) is 9.83. The van der Waals surface area contributed by atoms with E-state index in [-0.39, 0.29) is 32.7 Å². The molecule has 0 spiro atoms. The van der Waals surface area contributed by atoms with Crippen molar-refractivity contribution in [3.8, 4) is 0 Å². The van der Waals surface area contributed by atoms with Crippen molar-refractivity contribution in [1.82, 2.24) is 4.90 Å². The van der Waals surface area contributed by atoms with Crippen molar-refractivity contribution in [1.29, 1.82) is 0 Å². The molecule has 0 bridgehead atoms. The molecule has 2 unspecified atom stereocenters. The topological polar surface area (TPSA) is 128 Å². The number of primary amides is 1. The van der Waals surface area contributed by atoms with E-state index in [2.05, 4.69) is 38.2 Å². The first kappa shape index (κ1) is 51.8. The van der Waals surface area contributed by atoms with Crippen LogP contribution in [-0.4, -0.2) is 80.0 Å². The Labute approximate surface area is 331 Å². The monoisotopic (exact) mass is 765 g/mol. The highest BCUT2D eigenvalue weighted by atomic mass is 16.6. The summed E-state index contributed by atoms with van der Waals surface area (Å²) < 4.78 is 16.9. The molecule has 0 aliphatic carbocycles. The Hall–Kier alpha value is -2.23. The molecule has 0 aromatic heterocycles. The summed E-state index contributed by atoms with van der Waals surface area (Å²) in [6.45, 7) is 5.72. The lowest BCUT2D eigenvalue weighted by atomic mass is 10.1. The second-order valence-corrected chi connectivity index (χ2v) is 15.1. The van der Waals surface area contributed by atoms with Crippen molar-refractivity contribution < 1.29 is 33.7 Å². The normalized spacial score (nSPS) is 12.9. The van der Waals surface area contributed by atoms with Gasteiger partial charge in [0.25, 0.3) is 5.91 Å². The van der Waals surface area contributed by atoms with Gasteiger partial charge in [0.15, 0.2) is 6.10 Å². The van der Waals surface area contributed by atoms with E-state index in [1.54, 1.807) is 0 Å². The third kappa shape index (κ3) is 35.5. The van der Waals surface area contributed by atoms with Gasteiger partial charge in [0, 0.05) is 25.9 Å². The number of carbonyl (C=O) groups is 3. The van der Waals surface area contributed by atoms with E-state index in [4.69, 9.17) is 25.1 Å². The predicted octanol–water partition coefficient (Wildman–Crippen LogP) is 10.3. The van der Waals surface area contributed by atoms with Crippen LogP contribution in [0, 0.1) is 0 Å². The van der Waals surface area contributed by atoms with E-state index in [1.807, 2.05) is 11.9 Å². The van der Waals surface area contributed by atoms with Gasteiger partial charge in [-0.1, -0.05) is 141 Å². The third-order valence-corrected chi connectivity index (χ3v) is 9.83. The van der Waals surface area contributed by atoms with E-state index in [1.165, 1.54) is 89.9 Å². The lowest BCUT2D eigenvalue weighted by molar-refractivity contribution is -0.176. The van der Waals surface area contributed by atoms with Crippen LogP contribution in [0.4, 0.5) is 0 Å². The minimum absolute atomic E-state index is 0.0312. The zero-order chi connectivity index (χ0) is 39.7. The van der Waals surface area contributed by atoms with Gasteiger partial charge in [-0.3, -0.25) is 14.4 Å². The fraction of sp³-hybridized carbons (Fsp3) is 0.844. The first-order valence-electron chi connectivity index (χ1n) is 22.2. The lowest BCUT2D eigenvalue weighted by Crippen LogP contribution is -2.47. The number of aliphatic hydroxyl groups is 1. The van der Waals surface area contributed by atoms with Gasteiger partial charge in [-0.15, -0.1) is 0 Å². The fourth-order valence-corrected chi connectivity index (χ4v) is 6.31. The maximum atomic E-state index is 12.8. The van der Waals surface area contributed by atoms with Crippen LogP contribution in [0.3, 0.4) is 0 Å². The van der Waals surface area contributed by atoms with E-state index >= 15 is 0 Å². The summed E-state index contributed by atoms with van der Waals surface area (Å²) in [7, 11) is 1.86. The number of likely N-dealkylation sites (N-methyl/N-ethyl adjacent to an activating group) is 1. The quantitative estimate of drug-likeness (QED) is 0.0358. The number of nitrogens with two attached hydrogens (primary N) is 1. The molecule has 9 heteroatoms.